The van der Waals surface area contributed by atoms with Crippen LogP contribution in [0.4, 0.5) is 5.69 Å². The fourth-order valence-corrected chi connectivity index (χ4v) is 2.87. The number of hydrogen-bond donors (Lipinski definition) is 1. The van der Waals surface area contributed by atoms with Crippen molar-refractivity contribution in [2.24, 2.45) is 0 Å². The molecule has 0 atom stereocenters. The van der Waals surface area contributed by atoms with E-state index in [0.29, 0.717) is 25.3 Å². The predicted molar refractivity (Wildman–Crippen MR) is 91.4 cm³/mol. The summed E-state index contributed by atoms with van der Waals surface area (Å²) >= 11 is 0. The summed E-state index contributed by atoms with van der Waals surface area (Å²) in [6.45, 7) is 3.05. The van der Waals surface area contributed by atoms with E-state index in [9.17, 15) is 14.4 Å². The van der Waals surface area contributed by atoms with Crippen LogP contribution in [0.5, 0.6) is 0 Å². The van der Waals surface area contributed by atoms with E-state index in [1.165, 1.54) is 9.80 Å². The lowest BCUT2D eigenvalue weighted by Gasteiger charge is -2.32. The monoisotopic (exact) mass is 325 g/mol. The number of amides is 3. The van der Waals surface area contributed by atoms with Crippen molar-refractivity contribution in [2.45, 2.75) is 6.92 Å². The van der Waals surface area contributed by atoms with E-state index in [2.05, 4.69) is 5.32 Å². The highest BCUT2D eigenvalue weighted by atomic mass is 16.2. The zero-order valence-corrected chi connectivity index (χ0v) is 13.5. The minimum absolute atomic E-state index is 0.120. The minimum atomic E-state index is -0.615. The van der Waals surface area contributed by atoms with Crippen LogP contribution in [0.1, 0.15) is 6.92 Å². The van der Waals surface area contributed by atoms with Crippen LogP contribution in [0.15, 0.2) is 42.5 Å². The van der Waals surface area contributed by atoms with E-state index in [1.54, 1.807) is 0 Å². The number of piperazine rings is 1. The molecule has 124 valence electrons. The molecule has 1 heterocycles. The molecule has 3 amide bonds. The van der Waals surface area contributed by atoms with Crippen molar-refractivity contribution in [1.82, 2.24) is 9.80 Å². The Hall–Kier alpha value is -2.89. The first kappa shape index (κ1) is 16.0. The number of fused-ring (bicyclic) bond motifs is 1. The Kier molecular flexibility index (Phi) is 4.46. The zero-order chi connectivity index (χ0) is 17.1. The van der Waals surface area contributed by atoms with E-state index >= 15 is 0 Å². The molecule has 0 aromatic heterocycles. The fourth-order valence-electron chi connectivity index (χ4n) is 2.87. The van der Waals surface area contributed by atoms with Gasteiger partial charge in [0.25, 0.3) is 0 Å². The molecule has 0 radical (unpaired) electrons. The zero-order valence-electron chi connectivity index (χ0n) is 13.5. The number of likely N-dealkylation sites (N-methyl/N-ethyl adjacent to an activating group) is 1. The molecule has 1 aliphatic rings. The van der Waals surface area contributed by atoms with Crippen LogP contribution >= 0.6 is 0 Å². The third-order valence-electron chi connectivity index (χ3n) is 4.18. The fraction of sp³-hybridized carbons (Fsp3) is 0.278. The van der Waals surface area contributed by atoms with Crippen molar-refractivity contribution in [2.75, 3.05) is 31.5 Å². The first-order valence-electron chi connectivity index (χ1n) is 7.96. The maximum absolute atomic E-state index is 12.3. The molecule has 1 fully saturated rings. The summed E-state index contributed by atoms with van der Waals surface area (Å²) in [5, 5.41) is 4.80. The Bertz CT molecular complexity index is 798. The molecule has 1 saturated heterocycles. The van der Waals surface area contributed by atoms with Crippen molar-refractivity contribution in [3.05, 3.63) is 42.5 Å². The first-order valence-corrected chi connectivity index (χ1v) is 7.96. The van der Waals surface area contributed by atoms with Gasteiger partial charge < -0.3 is 15.1 Å². The number of rotatable bonds is 4. The minimum Gasteiger partial charge on any atom is -0.333 e. The lowest BCUT2D eigenvalue weighted by Crippen LogP contribution is -2.55. The van der Waals surface area contributed by atoms with Gasteiger partial charge >= 0.3 is 11.8 Å². The van der Waals surface area contributed by atoms with E-state index in [4.69, 9.17) is 0 Å². The normalized spacial score (nSPS) is 15.0. The summed E-state index contributed by atoms with van der Waals surface area (Å²) in [6.07, 6.45) is 0. The number of benzene rings is 2. The van der Waals surface area contributed by atoms with Crippen molar-refractivity contribution in [3.63, 3.8) is 0 Å². The number of carbonyl (C=O) groups excluding carboxylic acids is 3. The highest BCUT2D eigenvalue weighted by molar-refractivity contribution is 6.35. The number of nitrogens with zero attached hydrogens (tertiary/aromatic N) is 2. The SMILES string of the molecule is CCN1CCN(CC(=O)Nc2cccc3ccccc23)C(=O)C1=O. The predicted octanol–water partition coefficient (Wildman–Crippen LogP) is 1.47. The molecule has 0 spiro atoms. The Morgan fingerprint density at radius 3 is 2.46 bits per heavy atom. The lowest BCUT2D eigenvalue weighted by atomic mass is 10.1. The van der Waals surface area contributed by atoms with E-state index in [1.807, 2.05) is 49.4 Å². The maximum atomic E-state index is 12.3. The van der Waals surface area contributed by atoms with Gasteiger partial charge in [0.2, 0.25) is 5.91 Å². The van der Waals surface area contributed by atoms with E-state index in [0.717, 1.165) is 10.8 Å². The third-order valence-corrected chi connectivity index (χ3v) is 4.18. The molecule has 2 aromatic carbocycles. The number of hydrogen-bond acceptors (Lipinski definition) is 3. The topological polar surface area (TPSA) is 69.7 Å². The van der Waals surface area contributed by atoms with Crippen LogP contribution in [-0.2, 0) is 14.4 Å². The van der Waals surface area contributed by atoms with Crippen molar-refractivity contribution >= 4 is 34.2 Å². The standard InChI is InChI=1S/C18H19N3O3/c1-2-20-10-11-21(18(24)17(20)23)12-16(22)19-15-9-5-7-13-6-3-4-8-14(13)15/h3-9H,2,10-12H2,1H3,(H,19,22). The van der Waals surface area contributed by atoms with Crippen LogP contribution in [0.25, 0.3) is 10.8 Å². The Morgan fingerprint density at radius 2 is 1.67 bits per heavy atom. The molecule has 0 aliphatic carbocycles. The summed E-state index contributed by atoms with van der Waals surface area (Å²) in [4.78, 5) is 39.0. The van der Waals surface area contributed by atoms with Gasteiger partial charge in [-0.15, -0.1) is 0 Å². The summed E-state index contributed by atoms with van der Waals surface area (Å²) in [6, 6.07) is 13.4. The second-order valence-electron chi connectivity index (χ2n) is 5.69. The van der Waals surface area contributed by atoms with Crippen LogP contribution in [0.3, 0.4) is 0 Å². The second-order valence-corrected chi connectivity index (χ2v) is 5.69. The molecule has 1 aliphatic heterocycles. The van der Waals surface area contributed by atoms with Crippen LogP contribution in [-0.4, -0.2) is 53.7 Å². The highest BCUT2D eigenvalue weighted by Gasteiger charge is 2.32. The quantitative estimate of drug-likeness (QED) is 0.866. The summed E-state index contributed by atoms with van der Waals surface area (Å²) in [5.41, 5.74) is 0.698. The van der Waals surface area contributed by atoms with Gasteiger partial charge in [-0.2, -0.15) is 0 Å². The van der Waals surface area contributed by atoms with Crippen LogP contribution in [0, 0.1) is 0 Å². The molecule has 6 heteroatoms. The van der Waals surface area contributed by atoms with Gasteiger partial charge in [-0.3, -0.25) is 14.4 Å². The highest BCUT2D eigenvalue weighted by Crippen LogP contribution is 2.22. The van der Waals surface area contributed by atoms with Crippen molar-refractivity contribution in [3.8, 4) is 0 Å². The van der Waals surface area contributed by atoms with Gasteiger partial charge in [0.05, 0.1) is 0 Å². The number of nitrogens with one attached hydrogen (secondary N) is 1. The van der Waals surface area contributed by atoms with Crippen LogP contribution < -0.4 is 5.32 Å². The van der Waals surface area contributed by atoms with E-state index in [-0.39, 0.29) is 12.5 Å². The van der Waals surface area contributed by atoms with E-state index < -0.39 is 11.8 Å². The average molecular weight is 325 g/mol. The Labute approximate surface area is 140 Å². The molecule has 24 heavy (non-hydrogen) atoms. The smallest absolute Gasteiger partial charge is 0.312 e. The first-order chi connectivity index (χ1) is 11.6. The molecular weight excluding hydrogens is 306 g/mol. The van der Waals surface area contributed by atoms with Crippen molar-refractivity contribution in [1.29, 1.82) is 0 Å². The molecule has 2 aromatic rings. The summed E-state index contributed by atoms with van der Waals surface area (Å²) in [5.74, 6) is -1.46. The number of anilines is 1. The Balaban J connectivity index is 1.70. The molecule has 1 N–H and O–H groups in total. The van der Waals surface area contributed by atoms with Gasteiger partial charge in [0, 0.05) is 30.7 Å². The largest absolute Gasteiger partial charge is 0.333 e. The molecular formula is C18H19N3O3. The van der Waals surface area contributed by atoms with Gasteiger partial charge in [-0.25, -0.2) is 0 Å². The van der Waals surface area contributed by atoms with Gasteiger partial charge in [0.15, 0.2) is 0 Å². The van der Waals surface area contributed by atoms with Gasteiger partial charge in [-0.1, -0.05) is 36.4 Å². The van der Waals surface area contributed by atoms with Gasteiger partial charge in [0.1, 0.15) is 6.54 Å². The maximum Gasteiger partial charge on any atom is 0.312 e. The Morgan fingerprint density at radius 1 is 1.00 bits per heavy atom. The molecule has 0 saturated carbocycles. The summed E-state index contributed by atoms with van der Waals surface area (Å²) < 4.78 is 0. The molecule has 0 bridgehead atoms. The number of carbonyl (C=O) groups is 3. The third kappa shape index (κ3) is 3.08. The van der Waals surface area contributed by atoms with Gasteiger partial charge in [-0.05, 0) is 18.4 Å². The van der Waals surface area contributed by atoms with Crippen molar-refractivity contribution < 1.29 is 14.4 Å². The lowest BCUT2D eigenvalue weighted by molar-refractivity contribution is -0.156. The molecule has 6 nitrogen and oxygen atoms in total. The van der Waals surface area contributed by atoms with Crippen LogP contribution in [0.2, 0.25) is 0 Å². The average Bonchev–Trinajstić information content (AvgIpc) is 2.59. The molecule has 3 rings (SSSR count). The summed E-state index contributed by atoms with van der Waals surface area (Å²) in [7, 11) is 0. The second kappa shape index (κ2) is 6.70. The molecule has 0 unspecified atom stereocenters.